The summed E-state index contributed by atoms with van der Waals surface area (Å²) in [5.41, 5.74) is 13.5. The molecule has 5 N–H and O–H groups in total. The molecule has 0 bridgehead atoms. The zero-order valence-electron chi connectivity index (χ0n) is 51.0. The molecule has 0 unspecified atom stereocenters. The van der Waals surface area contributed by atoms with Crippen molar-refractivity contribution in [3.8, 4) is 22.8 Å². The number of carboxylic acid groups (broad SMARTS) is 1. The van der Waals surface area contributed by atoms with Crippen molar-refractivity contribution in [1.82, 2.24) is 19.9 Å². The van der Waals surface area contributed by atoms with Crippen molar-refractivity contribution in [3.05, 3.63) is 176 Å². The van der Waals surface area contributed by atoms with Crippen LogP contribution in [0.15, 0.2) is 110 Å². The molecular weight excluding hydrogens is 1030 g/mol. The molecule has 0 amide bonds. The molecule has 0 spiro atoms. The minimum Gasteiger partial charge on any atom is -0.870 e. The van der Waals surface area contributed by atoms with Gasteiger partial charge >= 0.3 is 41.5 Å². The quantitative estimate of drug-likeness (QED) is 0.0204. The van der Waals surface area contributed by atoms with Crippen LogP contribution in [0.2, 0.25) is 0 Å². The first-order chi connectivity index (χ1) is 37.7. The third-order valence-corrected chi connectivity index (χ3v) is 16.1. The molecule has 0 saturated heterocycles. The van der Waals surface area contributed by atoms with Crippen LogP contribution in [0.25, 0.3) is 34.9 Å². The van der Waals surface area contributed by atoms with Crippen molar-refractivity contribution in [1.29, 1.82) is 0 Å². The van der Waals surface area contributed by atoms with Crippen LogP contribution in [0.5, 0.6) is 0 Å². The molecule has 2 aromatic heterocycles. The van der Waals surface area contributed by atoms with Gasteiger partial charge in [-0.25, -0.2) is 24.8 Å². The number of hydrogen-bond donors (Lipinski definition) is 4. The molecule has 0 radical (unpaired) electrons. The molecule has 4 aromatic carbocycles. The number of ether oxygens (including phenoxy) is 1. The van der Waals surface area contributed by atoms with E-state index in [2.05, 4.69) is 159 Å². The van der Waals surface area contributed by atoms with Crippen LogP contribution in [-0.4, -0.2) is 82.8 Å². The van der Waals surface area contributed by atoms with Crippen molar-refractivity contribution in [3.63, 3.8) is 0 Å². The van der Waals surface area contributed by atoms with Crippen molar-refractivity contribution in [2.24, 2.45) is 0 Å². The van der Waals surface area contributed by atoms with Gasteiger partial charge in [0.25, 0.3) is 0 Å². The average Bonchev–Trinajstić information content (AvgIpc) is 3.47. The number of carbonyl (C=O) groups excluding carboxylic acids is 1. The summed E-state index contributed by atoms with van der Waals surface area (Å²) in [6, 6.07) is 26.5. The molecule has 81 heavy (non-hydrogen) atoms. The standard InChI is InChI=1S/C34H44N2O3.C32H40N2O3.CH4O2.Na.H2O/c1-8-33(38,9-2)18-17-27-13-14-28(19-24(27)6)34(10-3,11-4)29-15-16-30(25(7)20-29)32-35-22-26(23-36-32)21-31(37)39-12-5;1-7-31(37,8-2)16-15-25-11-12-26(17-22(25)5)32(9-3,10-4)27-13-14-28(23(6)18-27)30-33-20-24(21-34-30)19-29(35)36;1-3-2;;/h13-20,22-23,38H,8-12,21H2,1-7H3;11-18,20-21,37H,7-10,19H2,1-6H3,(H,35,36);2H,1H3;;1H2/q;;;+1;/p-1/b18-17+;16-15+;;;. The van der Waals surface area contributed by atoms with Gasteiger partial charge in [0.05, 0.1) is 37.8 Å². The molecule has 0 saturated carbocycles. The van der Waals surface area contributed by atoms with E-state index in [4.69, 9.17) is 15.1 Å². The molecule has 0 atom stereocenters. The second-order valence-corrected chi connectivity index (χ2v) is 20.6. The van der Waals surface area contributed by atoms with Crippen molar-refractivity contribution in [2.45, 2.75) is 176 Å². The maximum absolute atomic E-state index is 11.8. The minimum atomic E-state index is -0.893. The van der Waals surface area contributed by atoms with Gasteiger partial charge < -0.3 is 25.5 Å². The van der Waals surface area contributed by atoms with E-state index in [1.54, 1.807) is 31.7 Å². The first kappa shape index (κ1) is 71.4. The summed E-state index contributed by atoms with van der Waals surface area (Å²) in [6.45, 7) is 27.7. The number of carbonyl (C=O) groups is 2. The summed E-state index contributed by atoms with van der Waals surface area (Å²) >= 11 is 0. The predicted octanol–water partition coefficient (Wildman–Crippen LogP) is 11.5. The van der Waals surface area contributed by atoms with Gasteiger partial charge in [0.15, 0.2) is 11.6 Å². The predicted molar refractivity (Wildman–Crippen MR) is 322 cm³/mol. The third-order valence-electron chi connectivity index (χ3n) is 16.1. The Morgan fingerprint density at radius 2 is 0.815 bits per heavy atom. The second kappa shape index (κ2) is 33.4. The third kappa shape index (κ3) is 18.4. The van der Waals surface area contributed by atoms with E-state index < -0.39 is 17.2 Å². The van der Waals surface area contributed by atoms with Crippen LogP contribution in [0.4, 0.5) is 0 Å². The van der Waals surface area contributed by atoms with Crippen LogP contribution < -0.4 is 29.6 Å². The number of carboxylic acids is 1. The molecule has 2 heterocycles. The Hall–Kier alpha value is -5.74. The van der Waals surface area contributed by atoms with Gasteiger partial charge in [-0.15, -0.1) is 0 Å². The van der Waals surface area contributed by atoms with Crippen LogP contribution >= 0.6 is 0 Å². The Kier molecular flexibility index (Phi) is 29.4. The van der Waals surface area contributed by atoms with Crippen LogP contribution in [0.3, 0.4) is 0 Å². The number of hydrogen-bond acceptors (Lipinski definition) is 12. The molecule has 0 fully saturated rings. The molecule has 14 heteroatoms. The molecule has 6 aromatic rings. The number of aryl methyl sites for hydroxylation is 4. The zero-order valence-corrected chi connectivity index (χ0v) is 53.0. The topological polar surface area (TPSA) is 215 Å². The Balaban J connectivity index is 0.000000516. The number of esters is 1. The summed E-state index contributed by atoms with van der Waals surface area (Å²) < 4.78 is 5.02. The number of aliphatic hydroxyl groups is 2. The minimum absolute atomic E-state index is 0. The number of benzene rings is 4. The van der Waals surface area contributed by atoms with Gasteiger partial charge in [0.2, 0.25) is 0 Å². The fourth-order valence-electron chi connectivity index (χ4n) is 10.4. The smallest absolute Gasteiger partial charge is 0.870 e. The Morgan fingerprint density at radius 3 is 1.09 bits per heavy atom. The molecule has 432 valence electrons. The van der Waals surface area contributed by atoms with E-state index in [0.29, 0.717) is 49.5 Å². The maximum Gasteiger partial charge on any atom is 1.00 e. The van der Waals surface area contributed by atoms with Gasteiger partial charge in [-0.2, -0.15) is 0 Å². The fraction of sp³-hybridized carbons (Fsp3) is 0.433. The average molecular weight is 1120 g/mol. The summed E-state index contributed by atoms with van der Waals surface area (Å²) in [5, 5.41) is 37.4. The summed E-state index contributed by atoms with van der Waals surface area (Å²) in [6.07, 6.45) is 21.3. The zero-order chi connectivity index (χ0) is 58.6. The first-order valence-corrected chi connectivity index (χ1v) is 28.1. The van der Waals surface area contributed by atoms with E-state index in [1.165, 1.54) is 40.5 Å². The fourth-order valence-corrected chi connectivity index (χ4v) is 10.4. The largest absolute Gasteiger partial charge is 1.00 e. The SMILES string of the molecule is CCC(O)(/C=C/c1ccc(C(CC)(CC)c2ccc(-c3ncc(CC(=O)O)cn3)c(C)c2)cc1C)CC.CCOC(=O)Cc1cnc(-c2ccc(C(CC)(CC)c3ccc(/C=C/C(O)(CC)CC)c(C)c3)cc2C)nc1.COO.[Na+].[OH-]. The second-order valence-electron chi connectivity index (χ2n) is 20.6. The number of nitrogens with zero attached hydrogens (tertiary/aromatic N) is 4. The molecule has 6 rings (SSSR count). The first-order valence-electron chi connectivity index (χ1n) is 28.1. The van der Waals surface area contributed by atoms with E-state index in [-0.39, 0.29) is 64.7 Å². The van der Waals surface area contributed by atoms with E-state index in [9.17, 15) is 19.8 Å². The molecular formula is C67H89N4NaO9. The molecule has 13 nitrogen and oxygen atoms in total. The van der Waals surface area contributed by atoms with Gasteiger partial charge in [-0.1, -0.05) is 152 Å². The number of aromatic nitrogens is 4. The Morgan fingerprint density at radius 1 is 0.506 bits per heavy atom. The monoisotopic (exact) mass is 1120 g/mol. The van der Waals surface area contributed by atoms with E-state index in [0.717, 1.165) is 64.6 Å². The van der Waals surface area contributed by atoms with Crippen molar-refractivity contribution >= 4 is 24.1 Å². The summed E-state index contributed by atoms with van der Waals surface area (Å²) in [4.78, 5) is 43.9. The normalized spacial score (nSPS) is 11.7. The van der Waals surface area contributed by atoms with Gasteiger partial charge in [-0.3, -0.25) is 14.8 Å². The molecule has 0 aliphatic heterocycles. The summed E-state index contributed by atoms with van der Waals surface area (Å²) in [5.74, 6) is 0.0851. The summed E-state index contributed by atoms with van der Waals surface area (Å²) in [7, 11) is 1.18. The van der Waals surface area contributed by atoms with E-state index >= 15 is 0 Å². The van der Waals surface area contributed by atoms with Crippen molar-refractivity contribution < 1.29 is 74.8 Å². The van der Waals surface area contributed by atoms with Gasteiger partial charge in [-0.05, 0) is 153 Å². The molecule has 0 aliphatic rings. The Bertz CT molecular complexity index is 2980. The van der Waals surface area contributed by atoms with Crippen LogP contribution in [0, 0.1) is 27.7 Å². The van der Waals surface area contributed by atoms with Crippen LogP contribution in [-0.2, 0) is 42.9 Å². The number of rotatable bonds is 23. The van der Waals surface area contributed by atoms with E-state index in [1.807, 2.05) is 45.9 Å². The maximum atomic E-state index is 11.8. The Labute approximate surface area is 505 Å². The number of aliphatic carboxylic acids is 1. The van der Waals surface area contributed by atoms with Gasteiger partial charge in [0.1, 0.15) is 0 Å². The van der Waals surface area contributed by atoms with Gasteiger partial charge in [0, 0.05) is 46.7 Å². The van der Waals surface area contributed by atoms with Crippen molar-refractivity contribution in [2.75, 3.05) is 13.7 Å². The molecule has 0 aliphatic carbocycles. The van der Waals surface area contributed by atoms with Crippen LogP contribution in [0.1, 0.15) is 180 Å².